The lowest BCUT2D eigenvalue weighted by molar-refractivity contribution is -0.866. The number of rotatable bonds is 1. The Hall–Kier alpha value is -2.03. The van der Waals surface area contributed by atoms with Gasteiger partial charge in [-0.15, -0.1) is 0 Å². The average molecular weight is 201 g/mol. The van der Waals surface area contributed by atoms with Gasteiger partial charge in [-0.1, -0.05) is 12.1 Å². The lowest BCUT2D eigenvalue weighted by Crippen LogP contribution is -2.40. The zero-order valence-corrected chi connectivity index (χ0v) is 8.40. The topological polar surface area (TPSA) is 28.9 Å². The number of hydrogen-bond acceptors (Lipinski definition) is 1. The summed E-state index contributed by atoms with van der Waals surface area (Å²) in [5, 5.41) is 2.40. The summed E-state index contributed by atoms with van der Waals surface area (Å²) in [5.74, 6) is 0. The lowest BCUT2D eigenvalue weighted by Gasteiger charge is -1.94. The molecule has 0 fully saturated rings. The lowest BCUT2D eigenvalue weighted by atomic mass is 10.2. The molecule has 74 valence electrons. The molecule has 0 saturated carbocycles. The molecule has 2 aromatic heterocycles. The van der Waals surface area contributed by atoms with Crippen LogP contribution in [0.5, 0.6) is 0 Å². The number of aromatic amines is 1. The van der Waals surface area contributed by atoms with E-state index in [1.54, 1.807) is 11.8 Å². The molecule has 0 atom stereocenters. The molecule has 0 spiro atoms. The maximum atomic E-state index is 5.24. The fourth-order valence-electron chi connectivity index (χ4n) is 1.94. The Morgan fingerprint density at radius 2 is 1.87 bits per heavy atom. The first-order chi connectivity index (χ1) is 7.40. The molecule has 0 aliphatic rings. The molecule has 0 radical (unpaired) electrons. The summed E-state index contributed by atoms with van der Waals surface area (Å²) in [5.41, 5.74) is 2.12. The van der Waals surface area contributed by atoms with Crippen molar-refractivity contribution >= 4 is 21.9 Å². The number of nitrogens with zero attached hydrogens (tertiary/aromatic N) is 1. The van der Waals surface area contributed by atoms with Gasteiger partial charge in [-0.3, -0.25) is 0 Å². The van der Waals surface area contributed by atoms with E-state index in [2.05, 4.69) is 23.2 Å². The molecule has 3 aromatic rings. The summed E-state index contributed by atoms with van der Waals surface area (Å²) < 4.78 is 1.73. The van der Waals surface area contributed by atoms with Gasteiger partial charge >= 0.3 is 5.65 Å². The highest BCUT2D eigenvalue weighted by molar-refractivity contribution is 6.04. The number of hydrogen-bond donors (Lipinski definition) is 1. The predicted octanol–water partition coefficient (Wildman–Crippen LogP) is 1.67. The van der Waals surface area contributed by atoms with Gasteiger partial charge in [-0.25, -0.2) is 4.98 Å². The highest BCUT2D eigenvalue weighted by Gasteiger charge is 2.13. The third-order valence-electron chi connectivity index (χ3n) is 2.63. The zero-order valence-electron chi connectivity index (χ0n) is 8.40. The molecule has 0 aliphatic heterocycles. The highest BCUT2D eigenvalue weighted by Crippen LogP contribution is 2.21. The molecule has 2 heterocycles. The van der Waals surface area contributed by atoms with Crippen LogP contribution in [0.1, 0.15) is 0 Å². The Morgan fingerprint density at radius 1 is 1.07 bits per heavy atom. The van der Waals surface area contributed by atoms with Gasteiger partial charge in [0.05, 0.1) is 5.39 Å². The molecule has 1 N–H and O–H groups in total. The zero-order chi connectivity index (χ0) is 10.3. The molecular weight excluding hydrogens is 190 g/mol. The summed E-state index contributed by atoms with van der Waals surface area (Å²) >= 11 is 0. The van der Waals surface area contributed by atoms with Crippen LogP contribution < -0.4 is 9.57 Å². The van der Waals surface area contributed by atoms with E-state index in [-0.39, 0.29) is 0 Å². The van der Waals surface area contributed by atoms with Crippen LogP contribution in [-0.4, -0.2) is 12.1 Å². The molecule has 3 heteroatoms. The Morgan fingerprint density at radius 3 is 2.73 bits per heavy atom. The monoisotopic (exact) mass is 201 g/mol. The summed E-state index contributed by atoms with van der Waals surface area (Å²) in [7, 11) is 1.66. The van der Waals surface area contributed by atoms with E-state index in [0.29, 0.717) is 0 Å². The Balaban J connectivity index is 2.53. The number of nitrogens with one attached hydrogen (secondary N) is 1. The van der Waals surface area contributed by atoms with E-state index < -0.39 is 0 Å². The maximum Gasteiger partial charge on any atom is 0.327 e. The first kappa shape index (κ1) is 8.29. The van der Waals surface area contributed by atoms with Gasteiger partial charge in [0.25, 0.3) is 0 Å². The van der Waals surface area contributed by atoms with Crippen molar-refractivity contribution in [1.82, 2.24) is 4.98 Å². The van der Waals surface area contributed by atoms with Crippen molar-refractivity contribution in [2.45, 2.75) is 0 Å². The molecule has 3 rings (SSSR count). The second-order valence-electron chi connectivity index (χ2n) is 3.45. The first-order valence-corrected chi connectivity index (χ1v) is 4.86. The van der Waals surface area contributed by atoms with Gasteiger partial charge < -0.3 is 4.84 Å². The third kappa shape index (κ3) is 1.09. The van der Waals surface area contributed by atoms with Crippen molar-refractivity contribution in [1.29, 1.82) is 0 Å². The molecular formula is C12H11N2O+. The normalized spacial score (nSPS) is 11.0. The van der Waals surface area contributed by atoms with E-state index in [9.17, 15) is 0 Å². The minimum Gasteiger partial charge on any atom is -0.339 e. The van der Waals surface area contributed by atoms with E-state index in [1.807, 2.05) is 24.4 Å². The second-order valence-corrected chi connectivity index (χ2v) is 3.45. The van der Waals surface area contributed by atoms with Gasteiger partial charge in [0.1, 0.15) is 18.8 Å². The number of pyridine rings is 1. The number of para-hydroxylation sites is 1. The van der Waals surface area contributed by atoms with E-state index in [0.717, 1.165) is 11.2 Å². The summed E-state index contributed by atoms with van der Waals surface area (Å²) in [6, 6.07) is 12.3. The van der Waals surface area contributed by atoms with Crippen LogP contribution >= 0.6 is 0 Å². The van der Waals surface area contributed by atoms with Crippen LogP contribution in [-0.2, 0) is 0 Å². The molecule has 15 heavy (non-hydrogen) atoms. The first-order valence-electron chi connectivity index (χ1n) is 4.86. The fraction of sp³-hybridized carbons (Fsp3) is 0.0833. The number of fused-ring (bicyclic) bond motifs is 3. The minimum absolute atomic E-state index is 0.987. The van der Waals surface area contributed by atoms with E-state index in [1.165, 1.54) is 10.8 Å². The van der Waals surface area contributed by atoms with Gasteiger partial charge in [-0.2, -0.15) is 0 Å². The number of aromatic nitrogens is 2. The Bertz CT molecular complexity index is 628. The van der Waals surface area contributed by atoms with Crippen LogP contribution in [0.3, 0.4) is 0 Å². The summed E-state index contributed by atoms with van der Waals surface area (Å²) in [6.07, 6.45) is 1.89. The Kier molecular flexibility index (Phi) is 1.65. The van der Waals surface area contributed by atoms with Gasteiger partial charge in [0.15, 0.2) is 0 Å². The highest BCUT2D eigenvalue weighted by atomic mass is 16.9. The van der Waals surface area contributed by atoms with Gasteiger partial charge in [0.2, 0.25) is 0 Å². The largest absolute Gasteiger partial charge is 0.339 e. The van der Waals surface area contributed by atoms with Gasteiger partial charge in [-0.05, 0) is 29.0 Å². The van der Waals surface area contributed by atoms with Gasteiger partial charge in [0, 0.05) is 5.39 Å². The minimum atomic E-state index is 0.987. The molecule has 1 aromatic carbocycles. The quantitative estimate of drug-likeness (QED) is 0.596. The van der Waals surface area contributed by atoms with Crippen molar-refractivity contribution in [2.75, 3.05) is 7.11 Å². The molecule has 0 saturated heterocycles. The number of H-pyrrole nitrogens is 1. The maximum absolute atomic E-state index is 5.24. The number of benzene rings is 1. The van der Waals surface area contributed by atoms with Crippen molar-refractivity contribution in [3.63, 3.8) is 0 Å². The average Bonchev–Trinajstić information content (AvgIpc) is 2.67. The standard InChI is InChI=1S/C12H10N2O/c1-15-14-8-4-6-10-9-5-2-3-7-11(9)13-12(10)14/h2-8H,1H3/p+1/i13+1,14+1. The summed E-state index contributed by atoms with van der Waals surface area (Å²) in [4.78, 5) is 8.58. The molecule has 0 unspecified atom stereocenters. The van der Waals surface area contributed by atoms with Crippen molar-refractivity contribution < 1.29 is 9.57 Å². The van der Waals surface area contributed by atoms with E-state index in [4.69, 9.17) is 4.84 Å². The van der Waals surface area contributed by atoms with Crippen molar-refractivity contribution in [3.8, 4) is 0 Å². The molecule has 3 nitrogen and oxygen atoms in total. The van der Waals surface area contributed by atoms with Crippen LogP contribution in [0.2, 0.25) is 0 Å². The van der Waals surface area contributed by atoms with Crippen molar-refractivity contribution in [3.05, 3.63) is 42.6 Å². The predicted molar refractivity (Wildman–Crippen MR) is 58.5 cm³/mol. The van der Waals surface area contributed by atoms with Crippen LogP contribution in [0.4, 0.5) is 0 Å². The Labute approximate surface area is 86.9 Å². The molecule has 0 bridgehead atoms. The third-order valence-corrected chi connectivity index (χ3v) is 2.63. The second kappa shape index (κ2) is 2.98. The molecule has 0 aliphatic carbocycles. The SMILES string of the molecule is CO[15n+]1cccc2c3ccccc3[15nH]c21. The van der Waals surface area contributed by atoms with Crippen molar-refractivity contribution in [2.24, 2.45) is 0 Å². The van der Waals surface area contributed by atoms with Crippen LogP contribution in [0.15, 0.2) is 42.6 Å². The smallest absolute Gasteiger partial charge is 0.327 e. The summed E-state index contributed by atoms with van der Waals surface area (Å²) in [6.45, 7) is 0. The van der Waals surface area contributed by atoms with E-state index >= 15 is 0 Å². The van der Waals surface area contributed by atoms with Crippen LogP contribution in [0.25, 0.3) is 21.9 Å². The molecule has 0 amide bonds. The van der Waals surface area contributed by atoms with Crippen LogP contribution in [0, 0.1) is 0 Å². The fourth-order valence-corrected chi connectivity index (χ4v) is 1.94.